The van der Waals surface area contributed by atoms with Gasteiger partial charge in [-0.05, 0) is 62.6 Å². The zero-order chi connectivity index (χ0) is 25.2. The first-order chi connectivity index (χ1) is 17.4. The van der Waals surface area contributed by atoms with Crippen LogP contribution in [0.1, 0.15) is 61.4 Å². The van der Waals surface area contributed by atoms with E-state index < -0.39 is 4.92 Å². The van der Waals surface area contributed by atoms with Crippen LogP contribution >= 0.6 is 0 Å². The minimum absolute atomic E-state index is 0.0440. The predicted octanol–water partition coefficient (Wildman–Crippen LogP) is 5.03. The van der Waals surface area contributed by atoms with Crippen molar-refractivity contribution in [3.63, 3.8) is 0 Å². The Kier molecular flexibility index (Phi) is 6.80. The Labute approximate surface area is 210 Å². The minimum atomic E-state index is -0.418. The Hall–Kier alpha value is -3.62. The lowest BCUT2D eigenvalue weighted by Gasteiger charge is -2.40. The molecule has 190 valence electrons. The van der Waals surface area contributed by atoms with Gasteiger partial charge in [0.1, 0.15) is 12.3 Å². The fourth-order valence-electron chi connectivity index (χ4n) is 5.64. The van der Waals surface area contributed by atoms with Crippen LogP contribution in [0, 0.1) is 16.0 Å². The third-order valence-electron chi connectivity index (χ3n) is 7.75. The summed E-state index contributed by atoms with van der Waals surface area (Å²) in [6.07, 6.45) is 5.02. The number of nitro benzene ring substituents is 1. The smallest absolute Gasteiger partial charge is 0.414 e. The molecule has 2 fully saturated rings. The maximum Gasteiger partial charge on any atom is 0.414 e. The van der Waals surface area contributed by atoms with E-state index in [2.05, 4.69) is 12.2 Å². The summed E-state index contributed by atoms with van der Waals surface area (Å²) < 4.78 is 5.37. The maximum absolute atomic E-state index is 12.8. The quantitative estimate of drug-likeness (QED) is 0.464. The SMILES string of the molecule is CC1CCC(NC(=O)c2ccc(N3CCC(N4C(=O)OCc5ccccc54)CC3)c([N+](=O)[O-])c2)CC1. The zero-order valence-electron chi connectivity index (χ0n) is 20.5. The third-order valence-corrected chi connectivity index (χ3v) is 7.75. The summed E-state index contributed by atoms with van der Waals surface area (Å²) in [4.78, 5) is 40.6. The highest BCUT2D eigenvalue weighted by Gasteiger charge is 2.35. The molecule has 36 heavy (non-hydrogen) atoms. The summed E-state index contributed by atoms with van der Waals surface area (Å²) in [5, 5.41) is 15.0. The number of carbonyl (C=O) groups excluding carboxylic acids is 2. The van der Waals surface area contributed by atoms with E-state index in [1.165, 1.54) is 6.07 Å². The van der Waals surface area contributed by atoms with Gasteiger partial charge in [0.25, 0.3) is 11.6 Å². The normalized spacial score (nSPS) is 22.5. The number of hydrogen-bond donors (Lipinski definition) is 1. The molecule has 0 spiro atoms. The Morgan fingerprint density at radius 3 is 2.47 bits per heavy atom. The van der Waals surface area contributed by atoms with Gasteiger partial charge in [-0.15, -0.1) is 0 Å². The summed E-state index contributed by atoms with van der Waals surface area (Å²) in [6, 6.07) is 12.6. The second-order valence-corrected chi connectivity index (χ2v) is 10.2. The lowest BCUT2D eigenvalue weighted by molar-refractivity contribution is -0.384. The van der Waals surface area contributed by atoms with E-state index >= 15 is 0 Å². The Bertz CT molecular complexity index is 1150. The highest BCUT2D eigenvalue weighted by atomic mass is 16.6. The molecule has 2 amide bonds. The van der Waals surface area contributed by atoms with Gasteiger partial charge in [-0.1, -0.05) is 25.1 Å². The lowest BCUT2D eigenvalue weighted by Crippen LogP contribution is -2.49. The van der Waals surface area contributed by atoms with Crippen molar-refractivity contribution in [2.45, 2.75) is 64.1 Å². The third kappa shape index (κ3) is 4.87. The summed E-state index contributed by atoms with van der Waals surface area (Å²) in [6.45, 7) is 3.61. The van der Waals surface area contributed by atoms with Crippen LogP contribution < -0.4 is 15.1 Å². The fourth-order valence-corrected chi connectivity index (χ4v) is 5.64. The number of carbonyl (C=O) groups is 2. The highest BCUT2D eigenvalue weighted by molar-refractivity contribution is 5.96. The van der Waals surface area contributed by atoms with Gasteiger partial charge in [0.05, 0.1) is 10.6 Å². The first-order valence-corrected chi connectivity index (χ1v) is 12.8. The maximum atomic E-state index is 12.8. The molecular formula is C27H32N4O5. The standard InChI is InChI=1S/C27H32N4O5/c1-18-6-9-21(10-7-18)28-26(32)19-8-11-24(25(16-19)31(34)35)29-14-12-22(13-15-29)30-23-5-3-2-4-20(23)17-36-27(30)33/h2-5,8,11,16,18,21-22H,6-7,9-10,12-15,17H2,1H3,(H,28,32). The number of para-hydroxylation sites is 1. The lowest BCUT2D eigenvalue weighted by atomic mass is 9.87. The number of anilines is 2. The molecule has 5 rings (SSSR count). The molecule has 2 aliphatic heterocycles. The number of piperidine rings is 1. The number of hydrogen-bond acceptors (Lipinski definition) is 6. The molecule has 2 aromatic rings. The largest absolute Gasteiger partial charge is 0.444 e. The van der Waals surface area contributed by atoms with Crippen molar-refractivity contribution in [3.8, 4) is 0 Å². The van der Waals surface area contributed by atoms with E-state index in [1.54, 1.807) is 17.0 Å². The number of nitrogens with zero attached hydrogens (tertiary/aromatic N) is 3. The van der Waals surface area contributed by atoms with Gasteiger partial charge >= 0.3 is 6.09 Å². The van der Waals surface area contributed by atoms with Gasteiger partial charge < -0.3 is 15.0 Å². The van der Waals surface area contributed by atoms with Crippen molar-refractivity contribution < 1.29 is 19.2 Å². The van der Waals surface area contributed by atoms with E-state index in [9.17, 15) is 19.7 Å². The number of nitrogens with one attached hydrogen (secondary N) is 1. The van der Waals surface area contributed by atoms with Crippen molar-refractivity contribution in [1.29, 1.82) is 0 Å². The van der Waals surface area contributed by atoms with Gasteiger partial charge in [-0.25, -0.2) is 4.79 Å². The van der Waals surface area contributed by atoms with Crippen LogP contribution in [-0.4, -0.2) is 42.1 Å². The number of fused-ring (bicyclic) bond motifs is 1. The van der Waals surface area contributed by atoms with Crippen LogP contribution in [0.3, 0.4) is 0 Å². The summed E-state index contributed by atoms with van der Waals surface area (Å²) in [7, 11) is 0. The first-order valence-electron chi connectivity index (χ1n) is 12.8. The van der Waals surface area contributed by atoms with Crippen LogP contribution in [0.4, 0.5) is 21.9 Å². The Morgan fingerprint density at radius 1 is 1.03 bits per heavy atom. The monoisotopic (exact) mass is 492 g/mol. The minimum Gasteiger partial charge on any atom is -0.444 e. The first kappa shape index (κ1) is 24.1. The molecule has 1 saturated heterocycles. The molecule has 3 aliphatic rings. The average molecular weight is 493 g/mol. The van der Waals surface area contributed by atoms with Crippen LogP contribution in [0.25, 0.3) is 0 Å². The molecule has 1 aliphatic carbocycles. The summed E-state index contributed by atoms with van der Waals surface area (Å²) >= 11 is 0. The van der Waals surface area contributed by atoms with Gasteiger partial charge in [-0.2, -0.15) is 0 Å². The molecule has 0 radical (unpaired) electrons. The second-order valence-electron chi connectivity index (χ2n) is 10.2. The molecule has 1 saturated carbocycles. The van der Waals surface area contributed by atoms with Crippen molar-refractivity contribution in [3.05, 3.63) is 63.7 Å². The molecule has 0 bridgehead atoms. The Balaban J connectivity index is 1.28. The van der Waals surface area contributed by atoms with Gasteiger partial charge in [0.15, 0.2) is 0 Å². The number of cyclic esters (lactones) is 1. The average Bonchev–Trinajstić information content (AvgIpc) is 2.89. The molecule has 0 atom stereocenters. The van der Waals surface area contributed by atoms with Crippen molar-refractivity contribution in [2.24, 2.45) is 5.92 Å². The van der Waals surface area contributed by atoms with E-state index in [0.29, 0.717) is 43.1 Å². The Morgan fingerprint density at radius 2 is 1.75 bits per heavy atom. The van der Waals surface area contributed by atoms with Crippen LogP contribution in [0.15, 0.2) is 42.5 Å². The molecule has 2 heterocycles. The molecule has 9 heteroatoms. The molecule has 0 unspecified atom stereocenters. The van der Waals surface area contributed by atoms with Gasteiger partial charge in [0, 0.05) is 42.4 Å². The van der Waals surface area contributed by atoms with E-state index in [1.807, 2.05) is 29.2 Å². The predicted molar refractivity (Wildman–Crippen MR) is 136 cm³/mol. The molecule has 9 nitrogen and oxygen atoms in total. The summed E-state index contributed by atoms with van der Waals surface area (Å²) in [5.74, 6) is 0.420. The van der Waals surface area contributed by atoms with Crippen LogP contribution in [0.5, 0.6) is 0 Å². The zero-order valence-corrected chi connectivity index (χ0v) is 20.5. The molecule has 2 aromatic carbocycles. The van der Waals surface area contributed by atoms with Gasteiger partial charge in [0.2, 0.25) is 0 Å². The second kappa shape index (κ2) is 10.2. The number of benzene rings is 2. The van der Waals surface area contributed by atoms with Crippen LogP contribution in [-0.2, 0) is 11.3 Å². The number of rotatable bonds is 5. The van der Waals surface area contributed by atoms with E-state index in [0.717, 1.165) is 36.9 Å². The number of ether oxygens (including phenoxy) is 1. The molecular weight excluding hydrogens is 460 g/mol. The topological polar surface area (TPSA) is 105 Å². The fraction of sp³-hybridized carbons (Fsp3) is 0.481. The van der Waals surface area contributed by atoms with Gasteiger partial charge in [-0.3, -0.25) is 19.8 Å². The van der Waals surface area contributed by atoms with Crippen molar-refractivity contribution >= 4 is 29.1 Å². The van der Waals surface area contributed by atoms with Crippen LogP contribution in [0.2, 0.25) is 0 Å². The van der Waals surface area contributed by atoms with Crippen molar-refractivity contribution in [2.75, 3.05) is 22.9 Å². The number of amides is 2. The molecule has 1 N–H and O–H groups in total. The van der Waals surface area contributed by atoms with E-state index in [4.69, 9.17) is 4.74 Å². The van der Waals surface area contributed by atoms with Crippen molar-refractivity contribution in [1.82, 2.24) is 5.32 Å². The molecule has 0 aromatic heterocycles. The highest BCUT2D eigenvalue weighted by Crippen LogP contribution is 2.35. The summed E-state index contributed by atoms with van der Waals surface area (Å²) in [5.41, 5.74) is 2.60. The number of nitro groups is 1. The van der Waals surface area contributed by atoms with E-state index in [-0.39, 0.29) is 36.4 Å².